The van der Waals surface area contributed by atoms with Crippen molar-refractivity contribution in [3.8, 4) is 0 Å². The van der Waals surface area contributed by atoms with E-state index in [0.717, 1.165) is 11.6 Å². The van der Waals surface area contributed by atoms with E-state index in [1.165, 1.54) is 4.88 Å². The van der Waals surface area contributed by atoms with Gasteiger partial charge in [0.15, 0.2) is 0 Å². The molecule has 0 aliphatic rings. The monoisotopic (exact) mass is 198 g/mol. The molecular weight excluding hydrogens is 180 g/mol. The van der Waals surface area contributed by atoms with E-state index in [-0.39, 0.29) is 5.54 Å². The Morgan fingerprint density at radius 1 is 1.46 bits per heavy atom. The Morgan fingerprint density at radius 2 is 2.08 bits per heavy atom. The maximum atomic E-state index is 4.24. The molecule has 0 aliphatic carbocycles. The number of nitrogens with zero attached hydrogens (tertiary/aromatic N) is 2. The van der Waals surface area contributed by atoms with Gasteiger partial charge in [0.1, 0.15) is 0 Å². The van der Waals surface area contributed by atoms with Crippen molar-refractivity contribution in [2.45, 2.75) is 39.8 Å². The van der Waals surface area contributed by atoms with E-state index >= 15 is 0 Å². The van der Waals surface area contributed by atoms with E-state index < -0.39 is 0 Å². The lowest BCUT2D eigenvalue weighted by Gasteiger charge is -2.31. The first-order valence-corrected chi connectivity index (χ1v) is 5.34. The fourth-order valence-corrected chi connectivity index (χ4v) is 1.80. The van der Waals surface area contributed by atoms with Crippen LogP contribution in [-0.2, 0) is 6.54 Å². The van der Waals surface area contributed by atoms with E-state index in [2.05, 4.69) is 37.7 Å². The summed E-state index contributed by atoms with van der Waals surface area (Å²) in [6.07, 6.45) is 1.97. The molecule has 1 aromatic rings. The SMILES string of the molecule is Cc1ncc(CN(C)C(C)(C)C)s1. The van der Waals surface area contributed by atoms with Gasteiger partial charge in [-0.2, -0.15) is 0 Å². The normalized spacial score (nSPS) is 12.5. The first-order valence-electron chi connectivity index (χ1n) is 4.52. The molecule has 0 atom stereocenters. The van der Waals surface area contributed by atoms with Gasteiger partial charge < -0.3 is 0 Å². The number of hydrogen-bond acceptors (Lipinski definition) is 3. The Bertz CT molecular complexity index is 273. The van der Waals surface area contributed by atoms with Gasteiger partial charge in [-0.15, -0.1) is 11.3 Å². The molecule has 0 N–H and O–H groups in total. The summed E-state index contributed by atoms with van der Waals surface area (Å²) in [7, 11) is 2.15. The number of hydrogen-bond donors (Lipinski definition) is 0. The Labute approximate surface area is 84.6 Å². The summed E-state index contributed by atoms with van der Waals surface area (Å²) in [6.45, 7) is 9.71. The topological polar surface area (TPSA) is 16.1 Å². The Balaban J connectivity index is 2.60. The Hall–Kier alpha value is -0.410. The van der Waals surface area contributed by atoms with Gasteiger partial charge in [-0.05, 0) is 34.7 Å². The molecule has 0 fully saturated rings. The van der Waals surface area contributed by atoms with Crippen LogP contribution in [0.3, 0.4) is 0 Å². The summed E-state index contributed by atoms with van der Waals surface area (Å²) in [5, 5.41) is 1.15. The zero-order valence-electron chi connectivity index (χ0n) is 9.09. The first kappa shape index (κ1) is 10.7. The van der Waals surface area contributed by atoms with Gasteiger partial charge in [-0.3, -0.25) is 4.90 Å². The summed E-state index contributed by atoms with van der Waals surface area (Å²) in [4.78, 5) is 7.92. The fraction of sp³-hybridized carbons (Fsp3) is 0.700. The summed E-state index contributed by atoms with van der Waals surface area (Å²) in [5.74, 6) is 0. The lowest BCUT2D eigenvalue weighted by Crippen LogP contribution is -2.37. The molecule has 0 spiro atoms. The third-order valence-corrected chi connectivity index (χ3v) is 3.10. The quantitative estimate of drug-likeness (QED) is 0.726. The van der Waals surface area contributed by atoms with E-state index in [9.17, 15) is 0 Å². The van der Waals surface area contributed by atoms with Gasteiger partial charge in [0.05, 0.1) is 5.01 Å². The zero-order chi connectivity index (χ0) is 10.1. The van der Waals surface area contributed by atoms with Crippen LogP contribution in [0.5, 0.6) is 0 Å². The number of rotatable bonds is 2. The minimum Gasteiger partial charge on any atom is -0.296 e. The highest BCUT2D eigenvalue weighted by atomic mass is 32.1. The van der Waals surface area contributed by atoms with Crippen molar-refractivity contribution in [3.63, 3.8) is 0 Å². The van der Waals surface area contributed by atoms with Gasteiger partial charge in [0, 0.05) is 23.2 Å². The zero-order valence-corrected chi connectivity index (χ0v) is 9.90. The van der Waals surface area contributed by atoms with Crippen LogP contribution in [0.25, 0.3) is 0 Å². The molecule has 0 bridgehead atoms. The summed E-state index contributed by atoms with van der Waals surface area (Å²) < 4.78 is 0. The summed E-state index contributed by atoms with van der Waals surface area (Å²) in [6, 6.07) is 0. The third-order valence-electron chi connectivity index (χ3n) is 2.21. The highest BCUT2D eigenvalue weighted by molar-refractivity contribution is 7.11. The molecule has 0 aromatic carbocycles. The van der Waals surface area contributed by atoms with Crippen LogP contribution in [0, 0.1) is 6.92 Å². The predicted molar refractivity (Wildman–Crippen MR) is 58.1 cm³/mol. The average Bonchev–Trinajstić information content (AvgIpc) is 2.33. The van der Waals surface area contributed by atoms with Crippen molar-refractivity contribution in [1.82, 2.24) is 9.88 Å². The van der Waals surface area contributed by atoms with E-state index in [4.69, 9.17) is 0 Å². The molecule has 0 unspecified atom stereocenters. The second-order valence-electron chi connectivity index (χ2n) is 4.37. The lowest BCUT2D eigenvalue weighted by molar-refractivity contribution is 0.169. The summed E-state index contributed by atoms with van der Waals surface area (Å²) >= 11 is 1.78. The molecule has 1 heterocycles. The lowest BCUT2D eigenvalue weighted by atomic mass is 10.1. The molecule has 0 saturated carbocycles. The largest absolute Gasteiger partial charge is 0.296 e. The van der Waals surface area contributed by atoms with E-state index in [1.807, 2.05) is 13.1 Å². The molecule has 0 saturated heterocycles. The summed E-state index contributed by atoms with van der Waals surface area (Å²) in [5.41, 5.74) is 0.234. The first-order chi connectivity index (χ1) is 5.89. The average molecular weight is 198 g/mol. The third kappa shape index (κ3) is 3.08. The molecule has 0 aliphatic heterocycles. The standard InChI is InChI=1S/C10H18N2S/c1-8-11-6-9(13-8)7-12(5)10(2,3)4/h6H,7H2,1-5H3. The van der Waals surface area contributed by atoms with Crippen molar-refractivity contribution in [1.29, 1.82) is 0 Å². The predicted octanol–water partition coefficient (Wildman–Crippen LogP) is 2.68. The minimum absolute atomic E-state index is 0.234. The van der Waals surface area contributed by atoms with Crippen LogP contribution < -0.4 is 0 Å². The Morgan fingerprint density at radius 3 is 2.46 bits per heavy atom. The number of aryl methyl sites for hydroxylation is 1. The van der Waals surface area contributed by atoms with Crippen LogP contribution in [0.4, 0.5) is 0 Å². The van der Waals surface area contributed by atoms with Crippen LogP contribution in [-0.4, -0.2) is 22.5 Å². The molecule has 1 aromatic heterocycles. The van der Waals surface area contributed by atoms with Gasteiger partial charge in [-0.25, -0.2) is 4.98 Å². The fourth-order valence-electron chi connectivity index (χ4n) is 0.949. The van der Waals surface area contributed by atoms with Crippen LogP contribution in [0.1, 0.15) is 30.7 Å². The van der Waals surface area contributed by atoms with Crippen molar-refractivity contribution >= 4 is 11.3 Å². The molecule has 1 rings (SSSR count). The van der Waals surface area contributed by atoms with Gasteiger partial charge in [-0.1, -0.05) is 0 Å². The highest BCUT2D eigenvalue weighted by Gasteiger charge is 2.17. The smallest absolute Gasteiger partial charge is 0.0897 e. The molecule has 2 nitrogen and oxygen atoms in total. The van der Waals surface area contributed by atoms with Crippen molar-refractivity contribution in [2.75, 3.05) is 7.05 Å². The van der Waals surface area contributed by atoms with E-state index in [1.54, 1.807) is 11.3 Å². The van der Waals surface area contributed by atoms with Crippen molar-refractivity contribution in [2.24, 2.45) is 0 Å². The second kappa shape index (κ2) is 3.76. The van der Waals surface area contributed by atoms with E-state index in [0.29, 0.717) is 0 Å². The molecule has 13 heavy (non-hydrogen) atoms. The molecule has 0 radical (unpaired) electrons. The van der Waals surface area contributed by atoms with Crippen LogP contribution in [0.15, 0.2) is 6.20 Å². The van der Waals surface area contributed by atoms with Crippen LogP contribution in [0.2, 0.25) is 0 Å². The van der Waals surface area contributed by atoms with Crippen LogP contribution >= 0.6 is 11.3 Å². The molecule has 3 heteroatoms. The van der Waals surface area contributed by atoms with Crippen molar-refractivity contribution < 1.29 is 0 Å². The maximum Gasteiger partial charge on any atom is 0.0897 e. The van der Waals surface area contributed by atoms with Gasteiger partial charge >= 0.3 is 0 Å². The maximum absolute atomic E-state index is 4.24. The second-order valence-corrected chi connectivity index (χ2v) is 5.69. The Kier molecular flexibility index (Phi) is 3.09. The highest BCUT2D eigenvalue weighted by Crippen LogP contribution is 2.18. The number of thiazole rings is 1. The van der Waals surface area contributed by atoms with Crippen molar-refractivity contribution in [3.05, 3.63) is 16.1 Å². The molecule has 0 amide bonds. The number of aromatic nitrogens is 1. The van der Waals surface area contributed by atoms with Gasteiger partial charge in [0.2, 0.25) is 0 Å². The molecular formula is C10H18N2S. The minimum atomic E-state index is 0.234. The molecule has 74 valence electrons. The van der Waals surface area contributed by atoms with Gasteiger partial charge in [0.25, 0.3) is 0 Å².